The van der Waals surface area contributed by atoms with Crippen LogP contribution in [0.3, 0.4) is 0 Å². The van der Waals surface area contributed by atoms with Gasteiger partial charge in [-0.2, -0.15) is 0 Å². The third-order valence-corrected chi connectivity index (χ3v) is 2.18. The van der Waals surface area contributed by atoms with Crippen molar-refractivity contribution in [2.24, 2.45) is 0 Å². The molecule has 0 rings (SSSR count). The third kappa shape index (κ3) is 15.8. The highest BCUT2D eigenvalue weighted by Crippen LogP contribution is 1.96. The summed E-state index contributed by atoms with van der Waals surface area (Å²) >= 11 is 0. The number of rotatable bonds is 9. The third-order valence-electron chi connectivity index (χ3n) is 2.18. The molecule has 0 radical (unpaired) electrons. The Morgan fingerprint density at radius 2 is 1.41 bits per heavy atom. The fourth-order valence-corrected chi connectivity index (χ4v) is 1.16. The molecule has 0 heterocycles. The second-order valence-electron chi connectivity index (χ2n) is 6.42. The van der Waals surface area contributed by atoms with E-state index in [-0.39, 0.29) is 5.54 Å². The molecule has 0 unspecified atom stereocenters. The van der Waals surface area contributed by atoms with E-state index in [9.17, 15) is 0 Å². The highest BCUT2D eigenvalue weighted by atomic mass is 16.5. The number of nitrogens with zero attached hydrogens (tertiary/aromatic N) is 1. The Labute approximate surface area is 107 Å². The molecule has 0 fully saturated rings. The highest BCUT2D eigenvalue weighted by Gasteiger charge is 2.07. The smallest absolute Gasteiger partial charge is 0.102 e. The van der Waals surface area contributed by atoms with Gasteiger partial charge in [0.2, 0.25) is 0 Å². The molecule has 0 saturated carbocycles. The first kappa shape index (κ1) is 16.8. The Bertz CT molecular complexity index is 163. The number of likely N-dealkylation sites (N-methyl/N-ethyl adjacent to an activating group) is 1. The number of hydrogen-bond acceptors (Lipinski definition) is 3. The van der Waals surface area contributed by atoms with Crippen molar-refractivity contribution in [3.63, 3.8) is 0 Å². The van der Waals surface area contributed by atoms with Gasteiger partial charge in [-0.3, -0.25) is 0 Å². The molecular formula is C13H31N2O2+. The van der Waals surface area contributed by atoms with Crippen LogP contribution in [0, 0.1) is 0 Å². The van der Waals surface area contributed by atoms with E-state index in [2.05, 4.69) is 47.2 Å². The van der Waals surface area contributed by atoms with Gasteiger partial charge in [-0.25, -0.2) is 0 Å². The lowest BCUT2D eigenvalue weighted by Crippen LogP contribution is -2.38. The minimum atomic E-state index is 0.171. The lowest BCUT2D eigenvalue weighted by atomic mass is 10.1. The Kier molecular flexibility index (Phi) is 7.96. The molecule has 104 valence electrons. The van der Waals surface area contributed by atoms with Gasteiger partial charge in [0.25, 0.3) is 0 Å². The quantitative estimate of drug-likeness (QED) is 0.489. The van der Waals surface area contributed by atoms with E-state index in [0.29, 0.717) is 13.2 Å². The number of quaternary nitrogens is 1. The predicted molar refractivity (Wildman–Crippen MR) is 72.3 cm³/mol. The summed E-state index contributed by atoms with van der Waals surface area (Å²) in [6.45, 7) is 11.3. The standard InChI is InChI=1S/C13H31N2O2/c1-13(2,3)14-7-9-16-11-12-17-10-8-15(4,5)6/h14H,7-12H2,1-6H3/q+1. The van der Waals surface area contributed by atoms with Gasteiger partial charge in [0.1, 0.15) is 6.54 Å². The summed E-state index contributed by atoms with van der Waals surface area (Å²) < 4.78 is 11.9. The Morgan fingerprint density at radius 3 is 1.88 bits per heavy atom. The summed E-state index contributed by atoms with van der Waals surface area (Å²) in [5.74, 6) is 0. The summed E-state index contributed by atoms with van der Waals surface area (Å²) in [6.07, 6.45) is 0. The average Bonchev–Trinajstić information content (AvgIpc) is 2.11. The van der Waals surface area contributed by atoms with E-state index in [1.165, 1.54) is 0 Å². The van der Waals surface area contributed by atoms with Crippen molar-refractivity contribution in [3.8, 4) is 0 Å². The lowest BCUT2D eigenvalue weighted by molar-refractivity contribution is -0.870. The molecule has 0 amide bonds. The maximum atomic E-state index is 5.50. The summed E-state index contributed by atoms with van der Waals surface area (Å²) in [5.41, 5.74) is 0.171. The molecule has 4 nitrogen and oxygen atoms in total. The van der Waals surface area contributed by atoms with Crippen LogP contribution in [0.25, 0.3) is 0 Å². The molecule has 0 aromatic carbocycles. The van der Waals surface area contributed by atoms with E-state index in [1.807, 2.05) is 0 Å². The number of hydrogen-bond donors (Lipinski definition) is 1. The molecule has 0 spiro atoms. The normalized spacial score (nSPS) is 13.1. The van der Waals surface area contributed by atoms with Crippen LogP contribution in [0.4, 0.5) is 0 Å². The molecule has 0 saturated heterocycles. The molecule has 0 atom stereocenters. The minimum absolute atomic E-state index is 0.171. The summed E-state index contributed by atoms with van der Waals surface area (Å²) in [4.78, 5) is 0. The molecule has 0 aromatic rings. The van der Waals surface area contributed by atoms with Crippen molar-refractivity contribution >= 4 is 0 Å². The fourth-order valence-electron chi connectivity index (χ4n) is 1.16. The van der Waals surface area contributed by atoms with Gasteiger partial charge in [-0.05, 0) is 20.8 Å². The second-order valence-corrected chi connectivity index (χ2v) is 6.42. The zero-order chi connectivity index (χ0) is 13.4. The van der Waals surface area contributed by atoms with Crippen LogP contribution in [0.1, 0.15) is 20.8 Å². The maximum absolute atomic E-state index is 5.50. The summed E-state index contributed by atoms with van der Waals surface area (Å²) in [6, 6.07) is 0. The first-order chi connectivity index (χ1) is 7.71. The monoisotopic (exact) mass is 247 g/mol. The Balaban J connectivity index is 3.15. The van der Waals surface area contributed by atoms with Gasteiger partial charge in [0, 0.05) is 12.1 Å². The van der Waals surface area contributed by atoms with Gasteiger partial charge in [0.15, 0.2) is 0 Å². The highest BCUT2D eigenvalue weighted by molar-refractivity contribution is 4.69. The van der Waals surface area contributed by atoms with E-state index < -0.39 is 0 Å². The molecule has 4 heteroatoms. The molecule has 1 N–H and O–H groups in total. The summed E-state index contributed by atoms with van der Waals surface area (Å²) in [7, 11) is 6.49. The van der Waals surface area contributed by atoms with E-state index in [1.54, 1.807) is 0 Å². The van der Waals surface area contributed by atoms with Crippen LogP contribution in [-0.2, 0) is 9.47 Å². The maximum Gasteiger partial charge on any atom is 0.102 e. The molecule has 0 aliphatic carbocycles. The van der Waals surface area contributed by atoms with Crippen LogP contribution < -0.4 is 5.32 Å². The van der Waals surface area contributed by atoms with Crippen molar-refractivity contribution in [2.45, 2.75) is 26.3 Å². The van der Waals surface area contributed by atoms with Crippen molar-refractivity contribution < 1.29 is 14.0 Å². The number of ether oxygens (including phenoxy) is 2. The fraction of sp³-hybridized carbons (Fsp3) is 1.00. The molecule has 0 bridgehead atoms. The topological polar surface area (TPSA) is 30.5 Å². The Hall–Kier alpha value is -0.160. The average molecular weight is 247 g/mol. The van der Waals surface area contributed by atoms with Crippen LogP contribution >= 0.6 is 0 Å². The van der Waals surface area contributed by atoms with E-state index in [4.69, 9.17) is 9.47 Å². The molecule has 0 aliphatic heterocycles. The Morgan fingerprint density at radius 1 is 0.882 bits per heavy atom. The van der Waals surface area contributed by atoms with Crippen molar-refractivity contribution in [1.29, 1.82) is 0 Å². The minimum Gasteiger partial charge on any atom is -0.378 e. The molecule has 0 aliphatic rings. The zero-order valence-electron chi connectivity index (χ0n) is 12.5. The number of nitrogens with one attached hydrogen (secondary N) is 1. The van der Waals surface area contributed by atoms with Crippen LogP contribution in [-0.4, -0.2) is 70.7 Å². The lowest BCUT2D eigenvalue weighted by Gasteiger charge is -2.23. The van der Waals surface area contributed by atoms with Gasteiger partial charge < -0.3 is 19.3 Å². The first-order valence-electron chi connectivity index (χ1n) is 6.42. The van der Waals surface area contributed by atoms with Gasteiger partial charge in [0.05, 0.1) is 47.6 Å². The summed E-state index contributed by atoms with van der Waals surface area (Å²) in [5, 5.41) is 3.38. The molecular weight excluding hydrogens is 216 g/mol. The van der Waals surface area contributed by atoms with Gasteiger partial charge >= 0.3 is 0 Å². The van der Waals surface area contributed by atoms with E-state index >= 15 is 0 Å². The van der Waals surface area contributed by atoms with Crippen molar-refractivity contribution in [3.05, 3.63) is 0 Å². The largest absolute Gasteiger partial charge is 0.378 e. The van der Waals surface area contributed by atoms with Crippen LogP contribution in [0.5, 0.6) is 0 Å². The van der Waals surface area contributed by atoms with Gasteiger partial charge in [-0.1, -0.05) is 0 Å². The van der Waals surface area contributed by atoms with Gasteiger partial charge in [-0.15, -0.1) is 0 Å². The molecule has 0 aromatic heterocycles. The van der Waals surface area contributed by atoms with Crippen molar-refractivity contribution in [1.82, 2.24) is 5.32 Å². The SMILES string of the molecule is CC(C)(C)NCCOCCOCC[N+](C)(C)C. The predicted octanol–water partition coefficient (Wildman–Crippen LogP) is 1.11. The molecule has 17 heavy (non-hydrogen) atoms. The van der Waals surface area contributed by atoms with Crippen LogP contribution in [0.15, 0.2) is 0 Å². The van der Waals surface area contributed by atoms with E-state index in [0.717, 1.165) is 30.8 Å². The first-order valence-corrected chi connectivity index (χ1v) is 6.42. The zero-order valence-corrected chi connectivity index (χ0v) is 12.5. The second kappa shape index (κ2) is 8.03. The van der Waals surface area contributed by atoms with Crippen molar-refractivity contribution in [2.75, 3.05) is 60.7 Å². The van der Waals surface area contributed by atoms with Crippen LogP contribution in [0.2, 0.25) is 0 Å².